The second kappa shape index (κ2) is 8.32. The number of aliphatic hydroxyl groups is 1. The normalized spacial score (nSPS) is 13.3. The molecule has 7 heteroatoms. The maximum absolute atomic E-state index is 11.3. The predicted octanol–water partition coefficient (Wildman–Crippen LogP) is 3.28. The van der Waals surface area contributed by atoms with Gasteiger partial charge in [0.2, 0.25) is 0 Å². The Morgan fingerprint density at radius 3 is 2.42 bits per heavy atom. The minimum Gasteiger partial charge on any atom is -0.497 e. The fourth-order valence-corrected chi connectivity index (χ4v) is 3.84. The summed E-state index contributed by atoms with van der Waals surface area (Å²) >= 11 is 2.81. The van der Waals surface area contributed by atoms with Crippen molar-refractivity contribution in [3.8, 4) is 5.75 Å². The quantitative estimate of drug-likeness (QED) is 0.512. The van der Waals surface area contributed by atoms with Crippen LogP contribution in [0.2, 0.25) is 0 Å². The molecule has 0 radical (unpaired) electrons. The van der Waals surface area contributed by atoms with Crippen LogP contribution in [-0.4, -0.2) is 35.7 Å². The first-order chi connectivity index (χ1) is 11.5. The summed E-state index contributed by atoms with van der Waals surface area (Å²) in [6.07, 6.45) is 0.397. The van der Waals surface area contributed by atoms with Gasteiger partial charge in [-0.15, -0.1) is 23.5 Å². The SMILES string of the molecule is COc1ccc([C@H](Sc2cc(SC)ccc2N)[C@@H](O)C(=O)O)cc1. The molecule has 0 aromatic heterocycles. The summed E-state index contributed by atoms with van der Waals surface area (Å²) in [5, 5.41) is 18.7. The highest BCUT2D eigenvalue weighted by Gasteiger charge is 2.29. The van der Waals surface area contributed by atoms with E-state index in [1.54, 1.807) is 49.2 Å². The lowest BCUT2D eigenvalue weighted by Gasteiger charge is -2.21. The van der Waals surface area contributed by atoms with Crippen LogP contribution in [0.25, 0.3) is 0 Å². The van der Waals surface area contributed by atoms with E-state index in [9.17, 15) is 15.0 Å². The van der Waals surface area contributed by atoms with Crippen molar-refractivity contribution in [2.45, 2.75) is 21.1 Å². The van der Waals surface area contributed by atoms with E-state index in [0.717, 1.165) is 9.79 Å². The van der Waals surface area contributed by atoms with Crippen LogP contribution in [0.15, 0.2) is 52.3 Å². The molecule has 0 fully saturated rings. The number of nitrogens with two attached hydrogens (primary N) is 1. The zero-order chi connectivity index (χ0) is 17.7. The molecule has 0 aliphatic heterocycles. The number of hydrogen-bond acceptors (Lipinski definition) is 6. The third kappa shape index (κ3) is 4.37. The molecule has 24 heavy (non-hydrogen) atoms. The van der Waals surface area contributed by atoms with Crippen LogP contribution in [0.1, 0.15) is 10.8 Å². The lowest BCUT2D eigenvalue weighted by Crippen LogP contribution is -2.26. The highest BCUT2D eigenvalue weighted by Crippen LogP contribution is 2.42. The molecule has 0 saturated heterocycles. The molecule has 2 rings (SSSR count). The van der Waals surface area contributed by atoms with Crippen molar-refractivity contribution in [1.82, 2.24) is 0 Å². The van der Waals surface area contributed by atoms with Gasteiger partial charge < -0.3 is 20.7 Å². The van der Waals surface area contributed by atoms with Gasteiger partial charge in [-0.3, -0.25) is 0 Å². The van der Waals surface area contributed by atoms with Crippen LogP contribution in [0.3, 0.4) is 0 Å². The van der Waals surface area contributed by atoms with Gasteiger partial charge in [-0.2, -0.15) is 0 Å². The number of carbonyl (C=O) groups is 1. The van der Waals surface area contributed by atoms with Gasteiger partial charge in [0.1, 0.15) is 5.75 Å². The number of nitrogen functional groups attached to an aromatic ring is 1. The molecule has 0 saturated carbocycles. The Hall–Kier alpha value is -1.83. The number of carboxylic acid groups (broad SMARTS) is 1. The highest BCUT2D eigenvalue weighted by atomic mass is 32.2. The second-order valence-corrected chi connectivity index (χ2v) is 7.06. The monoisotopic (exact) mass is 365 g/mol. The number of anilines is 1. The second-order valence-electron chi connectivity index (χ2n) is 5.00. The van der Waals surface area contributed by atoms with Crippen molar-refractivity contribution in [2.75, 3.05) is 19.1 Å². The average molecular weight is 365 g/mol. The largest absolute Gasteiger partial charge is 0.497 e. The lowest BCUT2D eigenvalue weighted by atomic mass is 10.1. The summed E-state index contributed by atoms with van der Waals surface area (Å²) in [4.78, 5) is 13.1. The average Bonchev–Trinajstić information content (AvgIpc) is 2.60. The Morgan fingerprint density at radius 1 is 1.21 bits per heavy atom. The van der Waals surface area contributed by atoms with Crippen molar-refractivity contribution >= 4 is 35.2 Å². The lowest BCUT2D eigenvalue weighted by molar-refractivity contribution is -0.146. The molecule has 0 aliphatic carbocycles. The Balaban J connectivity index is 2.37. The Kier molecular flexibility index (Phi) is 6.42. The van der Waals surface area contributed by atoms with E-state index in [1.807, 2.05) is 18.4 Å². The van der Waals surface area contributed by atoms with E-state index >= 15 is 0 Å². The van der Waals surface area contributed by atoms with E-state index in [1.165, 1.54) is 11.8 Å². The number of methoxy groups -OCH3 is 1. The Morgan fingerprint density at radius 2 is 1.88 bits per heavy atom. The molecule has 0 heterocycles. The standard InChI is InChI=1S/C17H19NO4S2/c1-22-11-5-3-10(4-6-11)16(15(19)17(20)21)24-14-9-12(23-2)7-8-13(14)18/h3-9,15-16,19H,18H2,1-2H3,(H,20,21)/t15-,16+/m1/s1. The molecule has 0 spiro atoms. The number of benzene rings is 2. The first-order valence-electron chi connectivity index (χ1n) is 7.11. The van der Waals surface area contributed by atoms with E-state index in [0.29, 0.717) is 17.0 Å². The molecule has 0 amide bonds. The summed E-state index contributed by atoms with van der Waals surface area (Å²) in [6.45, 7) is 0. The number of aliphatic hydroxyl groups excluding tert-OH is 1. The van der Waals surface area contributed by atoms with E-state index in [4.69, 9.17) is 10.5 Å². The number of carboxylic acids is 1. The first-order valence-corrected chi connectivity index (χ1v) is 9.21. The van der Waals surface area contributed by atoms with Gasteiger partial charge in [-0.25, -0.2) is 4.79 Å². The zero-order valence-electron chi connectivity index (χ0n) is 13.3. The van der Waals surface area contributed by atoms with Gasteiger partial charge in [-0.1, -0.05) is 12.1 Å². The van der Waals surface area contributed by atoms with Crippen LogP contribution in [0.4, 0.5) is 5.69 Å². The minimum absolute atomic E-state index is 0.550. The van der Waals surface area contributed by atoms with Crippen molar-refractivity contribution in [3.05, 3.63) is 48.0 Å². The number of thioether (sulfide) groups is 2. The third-order valence-corrected chi connectivity index (χ3v) is 5.58. The minimum atomic E-state index is -1.55. The summed E-state index contributed by atoms with van der Waals surface area (Å²) < 4.78 is 5.12. The number of rotatable bonds is 7. The zero-order valence-corrected chi connectivity index (χ0v) is 14.9. The number of aliphatic carboxylic acids is 1. The molecular formula is C17H19NO4S2. The Bertz CT molecular complexity index is 706. The van der Waals surface area contributed by atoms with Crippen molar-refractivity contribution in [3.63, 3.8) is 0 Å². The van der Waals surface area contributed by atoms with E-state index in [-0.39, 0.29) is 0 Å². The topological polar surface area (TPSA) is 92.8 Å². The van der Waals surface area contributed by atoms with Crippen LogP contribution >= 0.6 is 23.5 Å². The fraction of sp³-hybridized carbons (Fsp3) is 0.235. The number of ether oxygens (including phenoxy) is 1. The van der Waals surface area contributed by atoms with Crippen LogP contribution in [-0.2, 0) is 4.79 Å². The molecule has 128 valence electrons. The van der Waals surface area contributed by atoms with Crippen LogP contribution in [0, 0.1) is 0 Å². The smallest absolute Gasteiger partial charge is 0.334 e. The summed E-state index contributed by atoms with van der Waals surface area (Å²) in [6, 6.07) is 12.6. The van der Waals surface area contributed by atoms with Crippen molar-refractivity contribution < 1.29 is 19.7 Å². The fourth-order valence-electron chi connectivity index (χ4n) is 2.12. The third-order valence-electron chi connectivity index (χ3n) is 3.46. The van der Waals surface area contributed by atoms with Gasteiger partial charge in [0.05, 0.1) is 12.4 Å². The molecule has 0 bridgehead atoms. The highest BCUT2D eigenvalue weighted by molar-refractivity contribution is 8.00. The summed E-state index contributed by atoms with van der Waals surface area (Å²) in [5.41, 5.74) is 7.25. The summed E-state index contributed by atoms with van der Waals surface area (Å²) in [5.74, 6) is -0.612. The Labute approximate surface area is 149 Å². The van der Waals surface area contributed by atoms with Gasteiger partial charge in [0.15, 0.2) is 6.10 Å². The van der Waals surface area contributed by atoms with Gasteiger partial charge in [0, 0.05) is 15.5 Å². The van der Waals surface area contributed by atoms with Gasteiger partial charge in [0.25, 0.3) is 0 Å². The first kappa shape index (κ1) is 18.5. The van der Waals surface area contributed by atoms with E-state index in [2.05, 4.69) is 0 Å². The molecule has 5 nitrogen and oxygen atoms in total. The van der Waals surface area contributed by atoms with E-state index < -0.39 is 17.3 Å². The molecule has 2 atom stereocenters. The maximum Gasteiger partial charge on any atom is 0.334 e. The maximum atomic E-state index is 11.3. The predicted molar refractivity (Wildman–Crippen MR) is 97.9 cm³/mol. The molecule has 4 N–H and O–H groups in total. The van der Waals surface area contributed by atoms with Gasteiger partial charge >= 0.3 is 5.97 Å². The summed E-state index contributed by atoms with van der Waals surface area (Å²) in [7, 11) is 1.56. The van der Waals surface area contributed by atoms with Crippen LogP contribution < -0.4 is 10.5 Å². The molecule has 2 aromatic carbocycles. The van der Waals surface area contributed by atoms with Gasteiger partial charge in [-0.05, 0) is 42.2 Å². The number of hydrogen-bond donors (Lipinski definition) is 3. The molecule has 2 aromatic rings. The van der Waals surface area contributed by atoms with Crippen LogP contribution in [0.5, 0.6) is 5.75 Å². The molecule has 0 aliphatic rings. The van der Waals surface area contributed by atoms with Crippen molar-refractivity contribution in [1.29, 1.82) is 0 Å². The molecular weight excluding hydrogens is 346 g/mol. The van der Waals surface area contributed by atoms with Crippen molar-refractivity contribution in [2.24, 2.45) is 0 Å². The molecule has 0 unspecified atom stereocenters.